The standard InChI is InChI=1S/C25H33ClN4O4/c1-3-30-19(2)14-22(27-30)24(32)29-9-5-8-25(17-29,16-23(31)28-10-12-33-13-11-28)18-34-21-7-4-6-20(26)15-21/h4,6-7,14-15H,3,5,8-13,16-18H2,1-2H3/t25-/m1/s1. The predicted octanol–water partition coefficient (Wildman–Crippen LogP) is 3.42. The highest BCUT2D eigenvalue weighted by molar-refractivity contribution is 6.30. The van der Waals surface area contributed by atoms with Crippen LogP contribution >= 0.6 is 11.6 Å². The molecule has 2 aromatic rings. The number of carbonyl (C=O) groups excluding carboxylic acids is 2. The van der Waals surface area contributed by atoms with E-state index in [4.69, 9.17) is 21.1 Å². The van der Waals surface area contributed by atoms with E-state index in [2.05, 4.69) is 5.10 Å². The van der Waals surface area contributed by atoms with Crippen molar-refractivity contribution >= 4 is 23.4 Å². The SMILES string of the molecule is CCn1nc(C(=O)N2CCC[C@@](COc3cccc(Cl)c3)(CC(=O)N3CCOCC3)C2)cc1C. The minimum atomic E-state index is -0.492. The van der Waals surface area contributed by atoms with E-state index in [9.17, 15) is 9.59 Å². The summed E-state index contributed by atoms with van der Waals surface area (Å²) in [6, 6.07) is 9.10. The van der Waals surface area contributed by atoms with Crippen LogP contribution in [-0.2, 0) is 16.1 Å². The summed E-state index contributed by atoms with van der Waals surface area (Å²) in [5.74, 6) is 0.644. The number of ether oxygens (including phenoxy) is 2. The van der Waals surface area contributed by atoms with E-state index in [0.29, 0.717) is 75.4 Å². The Morgan fingerprint density at radius 3 is 2.68 bits per heavy atom. The number of carbonyl (C=O) groups is 2. The number of hydrogen-bond acceptors (Lipinski definition) is 5. The first-order chi connectivity index (χ1) is 16.4. The summed E-state index contributed by atoms with van der Waals surface area (Å²) in [6.45, 7) is 8.39. The molecule has 2 aliphatic heterocycles. The fourth-order valence-electron chi connectivity index (χ4n) is 4.83. The van der Waals surface area contributed by atoms with Crippen molar-refractivity contribution in [3.8, 4) is 5.75 Å². The highest BCUT2D eigenvalue weighted by Gasteiger charge is 2.41. The van der Waals surface area contributed by atoms with Crippen LogP contribution in [0.25, 0.3) is 0 Å². The molecule has 1 atom stereocenters. The maximum atomic E-state index is 13.4. The molecule has 9 heteroatoms. The number of nitrogens with zero attached hydrogens (tertiary/aromatic N) is 4. The van der Waals surface area contributed by atoms with Crippen LogP contribution in [0, 0.1) is 12.3 Å². The molecule has 2 amide bonds. The average molecular weight is 489 g/mol. The maximum absolute atomic E-state index is 13.4. The third kappa shape index (κ3) is 5.73. The molecule has 8 nitrogen and oxygen atoms in total. The van der Waals surface area contributed by atoms with Crippen LogP contribution in [0.2, 0.25) is 5.02 Å². The molecular weight excluding hydrogens is 456 g/mol. The van der Waals surface area contributed by atoms with Crippen molar-refractivity contribution in [1.82, 2.24) is 19.6 Å². The van der Waals surface area contributed by atoms with Crippen LogP contribution in [0.15, 0.2) is 30.3 Å². The van der Waals surface area contributed by atoms with Gasteiger partial charge in [0.05, 0.1) is 19.8 Å². The van der Waals surface area contributed by atoms with Gasteiger partial charge in [-0.05, 0) is 51.0 Å². The molecule has 0 N–H and O–H groups in total. The molecule has 3 heterocycles. The number of benzene rings is 1. The predicted molar refractivity (Wildman–Crippen MR) is 129 cm³/mol. The van der Waals surface area contributed by atoms with Gasteiger partial charge in [0.25, 0.3) is 5.91 Å². The zero-order valence-electron chi connectivity index (χ0n) is 20.0. The average Bonchev–Trinajstić information content (AvgIpc) is 3.23. The molecule has 0 saturated carbocycles. The molecule has 0 spiro atoms. The fraction of sp³-hybridized carbons (Fsp3) is 0.560. The number of amides is 2. The Labute approximate surface area is 205 Å². The Hall–Kier alpha value is -2.58. The summed E-state index contributed by atoms with van der Waals surface area (Å²) in [6.07, 6.45) is 1.92. The van der Waals surface area contributed by atoms with Crippen molar-refractivity contribution in [3.05, 3.63) is 46.7 Å². The molecule has 2 aliphatic rings. The molecule has 184 valence electrons. The van der Waals surface area contributed by atoms with Gasteiger partial charge in [-0.15, -0.1) is 0 Å². The fourth-order valence-corrected chi connectivity index (χ4v) is 5.01. The number of hydrogen-bond donors (Lipinski definition) is 0. The maximum Gasteiger partial charge on any atom is 0.274 e. The van der Waals surface area contributed by atoms with Crippen LogP contribution in [0.5, 0.6) is 5.75 Å². The zero-order chi connectivity index (χ0) is 24.1. The van der Waals surface area contributed by atoms with Gasteiger partial charge < -0.3 is 19.3 Å². The Kier molecular flexibility index (Phi) is 7.78. The minimum absolute atomic E-state index is 0.0819. The summed E-state index contributed by atoms with van der Waals surface area (Å²) in [5.41, 5.74) is 0.917. The van der Waals surface area contributed by atoms with E-state index in [0.717, 1.165) is 18.5 Å². The molecule has 0 unspecified atom stereocenters. The quantitative estimate of drug-likeness (QED) is 0.597. The smallest absolute Gasteiger partial charge is 0.274 e. The molecule has 2 saturated heterocycles. The second-order valence-corrected chi connectivity index (χ2v) is 9.67. The van der Waals surface area contributed by atoms with E-state index < -0.39 is 5.41 Å². The third-order valence-corrected chi connectivity index (χ3v) is 6.91. The molecule has 1 aromatic carbocycles. The van der Waals surface area contributed by atoms with Gasteiger partial charge in [-0.2, -0.15) is 5.10 Å². The second kappa shape index (κ2) is 10.8. The van der Waals surface area contributed by atoms with Gasteiger partial charge in [-0.1, -0.05) is 17.7 Å². The Morgan fingerprint density at radius 1 is 1.18 bits per heavy atom. The Morgan fingerprint density at radius 2 is 1.97 bits per heavy atom. The summed E-state index contributed by atoms with van der Waals surface area (Å²) in [4.78, 5) is 30.3. The van der Waals surface area contributed by atoms with Crippen molar-refractivity contribution in [3.63, 3.8) is 0 Å². The van der Waals surface area contributed by atoms with Crippen molar-refractivity contribution in [2.24, 2.45) is 5.41 Å². The number of aryl methyl sites for hydroxylation is 2. The van der Waals surface area contributed by atoms with Crippen molar-refractivity contribution in [2.75, 3.05) is 46.0 Å². The largest absolute Gasteiger partial charge is 0.493 e. The van der Waals surface area contributed by atoms with E-state index >= 15 is 0 Å². The number of halogens is 1. The minimum Gasteiger partial charge on any atom is -0.493 e. The topological polar surface area (TPSA) is 76.9 Å². The van der Waals surface area contributed by atoms with Gasteiger partial charge in [0.2, 0.25) is 5.91 Å². The lowest BCUT2D eigenvalue weighted by Crippen LogP contribution is -2.52. The molecule has 34 heavy (non-hydrogen) atoms. The van der Waals surface area contributed by atoms with E-state index in [1.807, 2.05) is 46.5 Å². The number of rotatable bonds is 7. The molecule has 0 bridgehead atoms. The van der Waals surface area contributed by atoms with E-state index in [1.54, 1.807) is 12.1 Å². The van der Waals surface area contributed by atoms with Crippen LogP contribution in [-0.4, -0.2) is 77.4 Å². The molecular formula is C25H33ClN4O4. The molecule has 0 radical (unpaired) electrons. The van der Waals surface area contributed by atoms with Crippen LogP contribution in [0.4, 0.5) is 0 Å². The Balaban J connectivity index is 1.53. The number of piperidine rings is 1. The highest BCUT2D eigenvalue weighted by Crippen LogP contribution is 2.36. The monoisotopic (exact) mass is 488 g/mol. The van der Waals surface area contributed by atoms with Crippen LogP contribution in [0.1, 0.15) is 42.4 Å². The van der Waals surface area contributed by atoms with Gasteiger partial charge in [0.1, 0.15) is 5.75 Å². The third-order valence-electron chi connectivity index (χ3n) is 6.68. The van der Waals surface area contributed by atoms with Gasteiger partial charge in [0, 0.05) is 55.3 Å². The molecule has 0 aliphatic carbocycles. The summed E-state index contributed by atoms with van der Waals surface area (Å²) in [5, 5.41) is 5.07. The second-order valence-electron chi connectivity index (χ2n) is 9.23. The zero-order valence-corrected chi connectivity index (χ0v) is 20.7. The molecule has 4 rings (SSSR count). The first-order valence-corrected chi connectivity index (χ1v) is 12.3. The lowest BCUT2D eigenvalue weighted by molar-refractivity contribution is -0.139. The van der Waals surface area contributed by atoms with Crippen molar-refractivity contribution < 1.29 is 19.1 Å². The number of aromatic nitrogens is 2. The van der Waals surface area contributed by atoms with Crippen molar-refractivity contribution in [2.45, 2.75) is 39.7 Å². The normalized spacial score (nSPS) is 20.9. The van der Waals surface area contributed by atoms with Crippen molar-refractivity contribution in [1.29, 1.82) is 0 Å². The number of morpholine rings is 1. The van der Waals surface area contributed by atoms with E-state index in [-0.39, 0.29) is 11.8 Å². The lowest BCUT2D eigenvalue weighted by atomic mass is 9.77. The van der Waals surface area contributed by atoms with Gasteiger partial charge in [-0.25, -0.2) is 0 Å². The lowest BCUT2D eigenvalue weighted by Gasteiger charge is -2.43. The molecule has 2 fully saturated rings. The summed E-state index contributed by atoms with van der Waals surface area (Å²) >= 11 is 6.13. The first kappa shape index (κ1) is 24.5. The van der Waals surface area contributed by atoms with Gasteiger partial charge in [0.15, 0.2) is 5.69 Å². The van der Waals surface area contributed by atoms with Gasteiger partial charge >= 0.3 is 0 Å². The molecule has 1 aromatic heterocycles. The van der Waals surface area contributed by atoms with Gasteiger partial charge in [-0.3, -0.25) is 14.3 Å². The van der Waals surface area contributed by atoms with Crippen LogP contribution in [0.3, 0.4) is 0 Å². The van der Waals surface area contributed by atoms with E-state index in [1.165, 1.54) is 0 Å². The summed E-state index contributed by atoms with van der Waals surface area (Å²) in [7, 11) is 0. The Bertz CT molecular complexity index is 1020. The first-order valence-electron chi connectivity index (χ1n) is 12.0. The number of likely N-dealkylation sites (tertiary alicyclic amines) is 1. The highest BCUT2D eigenvalue weighted by atomic mass is 35.5. The summed E-state index contributed by atoms with van der Waals surface area (Å²) < 4.78 is 13.4. The van der Waals surface area contributed by atoms with Crippen LogP contribution < -0.4 is 4.74 Å².